The van der Waals surface area contributed by atoms with E-state index in [0.29, 0.717) is 19.3 Å². The first-order chi connectivity index (χ1) is 36.0. The van der Waals surface area contributed by atoms with Crippen molar-refractivity contribution in [3.05, 3.63) is 85.1 Å². The Labute approximate surface area is 452 Å². The van der Waals surface area contributed by atoms with Gasteiger partial charge in [-0.15, -0.1) is 0 Å². The third-order valence-electron chi connectivity index (χ3n) is 13.3. The molecular weight excluding hydrogens is 901 g/mol. The highest BCUT2D eigenvalue weighted by atomic mass is 16.6. The van der Waals surface area contributed by atoms with Crippen molar-refractivity contribution in [3.8, 4) is 0 Å². The summed E-state index contributed by atoms with van der Waals surface area (Å²) < 4.78 is 16.9. The maximum atomic E-state index is 12.9. The van der Waals surface area contributed by atoms with Crippen molar-refractivity contribution < 1.29 is 28.6 Å². The average Bonchev–Trinajstić information content (AvgIpc) is 3.39. The van der Waals surface area contributed by atoms with Crippen LogP contribution in [0.3, 0.4) is 0 Å². The van der Waals surface area contributed by atoms with Gasteiger partial charge in [0.15, 0.2) is 6.10 Å². The molecule has 6 heteroatoms. The van der Waals surface area contributed by atoms with Crippen molar-refractivity contribution in [1.82, 2.24) is 0 Å². The van der Waals surface area contributed by atoms with Crippen molar-refractivity contribution in [2.45, 2.75) is 309 Å². The van der Waals surface area contributed by atoms with Gasteiger partial charge in [-0.3, -0.25) is 14.4 Å². The van der Waals surface area contributed by atoms with Crippen molar-refractivity contribution in [3.63, 3.8) is 0 Å². The summed E-state index contributed by atoms with van der Waals surface area (Å²) in [5.41, 5.74) is 0. The van der Waals surface area contributed by atoms with Crippen LogP contribution < -0.4 is 0 Å². The van der Waals surface area contributed by atoms with Crippen LogP contribution in [0.4, 0.5) is 0 Å². The zero-order chi connectivity index (χ0) is 52.9. The Morgan fingerprint density at radius 3 is 0.781 bits per heavy atom. The molecule has 0 aliphatic heterocycles. The van der Waals surface area contributed by atoms with Gasteiger partial charge in [-0.05, 0) is 122 Å². The topological polar surface area (TPSA) is 78.9 Å². The highest BCUT2D eigenvalue weighted by Gasteiger charge is 2.19. The molecule has 0 saturated carbocycles. The summed E-state index contributed by atoms with van der Waals surface area (Å²) in [5.74, 6) is -0.916. The van der Waals surface area contributed by atoms with Crippen LogP contribution in [0.1, 0.15) is 303 Å². The molecule has 6 nitrogen and oxygen atoms in total. The lowest BCUT2D eigenvalue weighted by atomic mass is 10.1. The minimum absolute atomic E-state index is 0.0905. The third kappa shape index (κ3) is 59.3. The van der Waals surface area contributed by atoms with Crippen LogP contribution in [0.15, 0.2) is 85.1 Å². The van der Waals surface area contributed by atoms with Crippen molar-refractivity contribution in [2.75, 3.05) is 13.2 Å². The summed E-state index contributed by atoms with van der Waals surface area (Å²) in [5, 5.41) is 0. The molecule has 0 aromatic rings. The first kappa shape index (κ1) is 69.6. The molecule has 73 heavy (non-hydrogen) atoms. The number of hydrogen-bond donors (Lipinski definition) is 0. The van der Waals surface area contributed by atoms with Gasteiger partial charge < -0.3 is 14.2 Å². The zero-order valence-corrected chi connectivity index (χ0v) is 48.1. The Morgan fingerprint density at radius 2 is 0.493 bits per heavy atom. The number of esters is 3. The fourth-order valence-electron chi connectivity index (χ4n) is 8.63. The van der Waals surface area contributed by atoms with Gasteiger partial charge in [0.2, 0.25) is 0 Å². The van der Waals surface area contributed by atoms with E-state index in [2.05, 4.69) is 106 Å². The number of ether oxygens (including phenoxy) is 3. The van der Waals surface area contributed by atoms with E-state index in [1.165, 1.54) is 135 Å². The number of rotatable bonds is 56. The minimum atomic E-state index is -0.795. The number of carbonyl (C=O) groups excluding carboxylic acids is 3. The van der Waals surface area contributed by atoms with E-state index in [9.17, 15) is 14.4 Å². The summed E-state index contributed by atoms with van der Waals surface area (Å²) in [6, 6.07) is 0. The van der Waals surface area contributed by atoms with Gasteiger partial charge in [0.05, 0.1) is 0 Å². The molecule has 0 aromatic heterocycles. The van der Waals surface area contributed by atoms with E-state index >= 15 is 0 Å². The van der Waals surface area contributed by atoms with Crippen LogP contribution >= 0.6 is 0 Å². The van der Waals surface area contributed by atoms with Gasteiger partial charge in [-0.1, -0.05) is 247 Å². The molecule has 0 amide bonds. The quantitative estimate of drug-likeness (QED) is 0.0261. The first-order valence-electron chi connectivity index (χ1n) is 31.1. The fraction of sp³-hybridized carbons (Fsp3) is 0.746. The summed E-state index contributed by atoms with van der Waals surface area (Å²) in [7, 11) is 0. The van der Waals surface area contributed by atoms with Crippen molar-refractivity contribution >= 4 is 17.9 Å². The van der Waals surface area contributed by atoms with E-state index in [4.69, 9.17) is 14.2 Å². The monoisotopic (exact) mass is 1020 g/mol. The summed E-state index contributed by atoms with van der Waals surface area (Å²) in [6.45, 7) is 6.59. The van der Waals surface area contributed by atoms with Gasteiger partial charge in [-0.2, -0.15) is 0 Å². The SMILES string of the molecule is CCCCCC/C=C\C/C=C\CCCCCCCC(=O)OCC(COC(=O)CCCCCCCCCC/C=C\C/C=C\C/C=C\CCCCCCC)OC(=O)CCCCCCC/C=C\C/C=C\CCCCCC. The van der Waals surface area contributed by atoms with Crippen LogP contribution in [0.25, 0.3) is 0 Å². The molecule has 1 atom stereocenters. The number of carbonyl (C=O) groups is 3. The first-order valence-corrected chi connectivity index (χ1v) is 31.1. The maximum Gasteiger partial charge on any atom is 0.306 e. The average molecular weight is 1020 g/mol. The minimum Gasteiger partial charge on any atom is -0.462 e. The number of hydrogen-bond acceptors (Lipinski definition) is 6. The molecule has 0 bridgehead atoms. The molecule has 0 aliphatic rings. The van der Waals surface area contributed by atoms with E-state index < -0.39 is 6.10 Å². The number of unbranched alkanes of at least 4 members (excludes halogenated alkanes) is 31. The van der Waals surface area contributed by atoms with Crippen LogP contribution in [0.2, 0.25) is 0 Å². The molecule has 0 aliphatic carbocycles. The molecule has 0 saturated heterocycles. The van der Waals surface area contributed by atoms with E-state index in [-0.39, 0.29) is 31.1 Å². The van der Waals surface area contributed by atoms with Crippen molar-refractivity contribution in [2.24, 2.45) is 0 Å². The predicted molar refractivity (Wildman–Crippen MR) is 316 cm³/mol. The van der Waals surface area contributed by atoms with Gasteiger partial charge in [0.25, 0.3) is 0 Å². The summed E-state index contributed by atoms with van der Waals surface area (Å²) in [4.78, 5) is 38.3. The highest BCUT2D eigenvalue weighted by Crippen LogP contribution is 2.15. The van der Waals surface area contributed by atoms with Gasteiger partial charge >= 0.3 is 17.9 Å². The van der Waals surface area contributed by atoms with Crippen LogP contribution in [0, 0.1) is 0 Å². The van der Waals surface area contributed by atoms with Crippen LogP contribution in [0.5, 0.6) is 0 Å². The predicted octanol–water partition coefficient (Wildman–Crippen LogP) is 21.1. The van der Waals surface area contributed by atoms with Crippen molar-refractivity contribution in [1.29, 1.82) is 0 Å². The molecule has 0 spiro atoms. The molecule has 0 rings (SSSR count). The lowest BCUT2D eigenvalue weighted by molar-refractivity contribution is -0.167. The molecule has 0 fully saturated rings. The van der Waals surface area contributed by atoms with Gasteiger partial charge in [0.1, 0.15) is 13.2 Å². The van der Waals surface area contributed by atoms with Gasteiger partial charge in [0, 0.05) is 19.3 Å². The summed E-state index contributed by atoms with van der Waals surface area (Å²) in [6.07, 6.45) is 80.0. The molecular formula is C67H116O6. The van der Waals surface area contributed by atoms with Crippen LogP contribution in [-0.2, 0) is 28.6 Å². The Bertz CT molecular complexity index is 1400. The Morgan fingerprint density at radius 1 is 0.274 bits per heavy atom. The molecule has 420 valence electrons. The lowest BCUT2D eigenvalue weighted by Crippen LogP contribution is -2.30. The van der Waals surface area contributed by atoms with E-state index in [0.717, 1.165) is 128 Å². The number of allylic oxidation sites excluding steroid dienone is 14. The molecule has 0 heterocycles. The molecule has 1 unspecified atom stereocenters. The fourth-order valence-corrected chi connectivity index (χ4v) is 8.63. The smallest absolute Gasteiger partial charge is 0.306 e. The highest BCUT2D eigenvalue weighted by molar-refractivity contribution is 5.71. The van der Waals surface area contributed by atoms with Gasteiger partial charge in [-0.25, -0.2) is 0 Å². The van der Waals surface area contributed by atoms with E-state index in [1.807, 2.05) is 0 Å². The Hall–Kier alpha value is -3.41. The largest absolute Gasteiger partial charge is 0.462 e. The normalized spacial score (nSPS) is 12.6. The third-order valence-corrected chi connectivity index (χ3v) is 13.3. The van der Waals surface area contributed by atoms with E-state index in [1.54, 1.807) is 0 Å². The molecule has 0 radical (unpaired) electrons. The second-order valence-electron chi connectivity index (χ2n) is 20.6. The standard InChI is InChI=1S/C67H116O6/c1-4-7-10-13-16-19-22-25-28-31-32-33-34-35-36-37-40-42-45-48-51-54-57-60-66(69)72-63-64(73-67(70)61-58-55-52-49-46-43-39-30-27-24-21-18-15-12-9-6-3)62-71-65(68)59-56-53-50-47-44-41-38-29-26-23-20-17-14-11-8-5-2/h20-25,29-32,34-35,38-39,64H,4-19,26-28,33,36-37,40-63H2,1-3H3/b23-20-,24-21-,25-22-,32-31-,35-34-,38-29-,39-30-. The Kier molecular flexibility index (Phi) is 58.3. The second kappa shape index (κ2) is 61.1. The lowest BCUT2D eigenvalue weighted by Gasteiger charge is -2.18. The second-order valence-corrected chi connectivity index (χ2v) is 20.6. The molecule has 0 N–H and O–H groups in total. The molecule has 0 aromatic carbocycles. The van der Waals surface area contributed by atoms with Crippen LogP contribution in [-0.4, -0.2) is 37.2 Å². The Balaban J connectivity index is 4.40. The zero-order valence-electron chi connectivity index (χ0n) is 48.1. The summed E-state index contributed by atoms with van der Waals surface area (Å²) >= 11 is 0. The maximum absolute atomic E-state index is 12.9.